The maximum Gasteiger partial charge on any atom is 0.163 e. The molecule has 2 aromatic heterocycles. The normalized spacial score (nSPS) is 18.9. The highest BCUT2D eigenvalue weighted by Crippen LogP contribution is 2.24. The Morgan fingerprint density at radius 3 is 2.95 bits per heavy atom. The van der Waals surface area contributed by atoms with Gasteiger partial charge in [0.25, 0.3) is 0 Å². The van der Waals surface area contributed by atoms with Crippen molar-refractivity contribution in [3.63, 3.8) is 0 Å². The zero-order chi connectivity index (χ0) is 14.1. The van der Waals surface area contributed by atoms with Gasteiger partial charge in [-0.05, 0) is 32.6 Å². The van der Waals surface area contributed by atoms with Crippen molar-refractivity contribution < 1.29 is 4.74 Å². The third kappa shape index (κ3) is 2.47. The van der Waals surface area contributed by atoms with Gasteiger partial charge in [-0.25, -0.2) is 9.97 Å². The molecule has 6 heteroatoms. The van der Waals surface area contributed by atoms with Gasteiger partial charge >= 0.3 is 0 Å². The molecule has 0 amide bonds. The van der Waals surface area contributed by atoms with Crippen molar-refractivity contribution in [1.29, 1.82) is 0 Å². The summed E-state index contributed by atoms with van der Waals surface area (Å²) in [7, 11) is 1.92. The van der Waals surface area contributed by atoms with Gasteiger partial charge in [0, 0.05) is 26.8 Å². The lowest BCUT2D eigenvalue weighted by molar-refractivity contribution is 0.185. The largest absolute Gasteiger partial charge is 0.381 e. The number of fused-ring (bicyclic) bond motifs is 1. The topological polar surface area (TPSA) is 64.9 Å². The molecule has 108 valence electrons. The maximum atomic E-state index is 5.40. The van der Waals surface area contributed by atoms with Crippen LogP contribution >= 0.6 is 0 Å². The molecular formula is C14H21N5O. The average Bonchev–Trinajstić information content (AvgIpc) is 2.99. The first-order valence-electron chi connectivity index (χ1n) is 7.14. The monoisotopic (exact) mass is 275 g/mol. The molecule has 6 nitrogen and oxygen atoms in total. The number of hydrogen-bond acceptors (Lipinski definition) is 5. The predicted octanol–water partition coefficient (Wildman–Crippen LogP) is 1.82. The van der Waals surface area contributed by atoms with Crippen LogP contribution in [0.5, 0.6) is 0 Å². The predicted molar refractivity (Wildman–Crippen MR) is 77.8 cm³/mol. The molecule has 1 unspecified atom stereocenters. The molecule has 0 saturated carbocycles. The summed E-state index contributed by atoms with van der Waals surface area (Å²) in [6.45, 7) is 6.62. The standard InChI is InChI=1S/C14H21N5O/c1-9-12-13(15-6-4-11-5-7-20-8-11)16-10(2)17-14(12)19(3)18-9/h11H,4-8H2,1-3H3,(H,15,16,17). The Morgan fingerprint density at radius 1 is 1.35 bits per heavy atom. The summed E-state index contributed by atoms with van der Waals surface area (Å²) in [5, 5.41) is 8.91. The smallest absolute Gasteiger partial charge is 0.163 e. The number of nitrogens with zero attached hydrogens (tertiary/aromatic N) is 4. The van der Waals surface area contributed by atoms with Crippen molar-refractivity contribution in [1.82, 2.24) is 19.7 Å². The highest BCUT2D eigenvalue weighted by molar-refractivity contribution is 5.89. The summed E-state index contributed by atoms with van der Waals surface area (Å²) in [5.74, 6) is 2.35. The average molecular weight is 275 g/mol. The third-order valence-electron chi connectivity index (χ3n) is 3.84. The second-order valence-corrected chi connectivity index (χ2v) is 5.47. The van der Waals surface area contributed by atoms with Gasteiger partial charge in [0.15, 0.2) is 5.65 Å². The summed E-state index contributed by atoms with van der Waals surface area (Å²) in [4.78, 5) is 9.00. The molecule has 3 heterocycles. The van der Waals surface area contributed by atoms with Crippen LogP contribution in [-0.4, -0.2) is 39.5 Å². The lowest BCUT2D eigenvalue weighted by atomic mass is 10.1. The minimum Gasteiger partial charge on any atom is -0.381 e. The molecular weight excluding hydrogens is 254 g/mol. The van der Waals surface area contributed by atoms with E-state index in [1.165, 1.54) is 6.42 Å². The molecule has 2 aromatic rings. The van der Waals surface area contributed by atoms with Crippen LogP contribution in [0.1, 0.15) is 24.4 Å². The van der Waals surface area contributed by atoms with Crippen molar-refractivity contribution in [3.8, 4) is 0 Å². The van der Waals surface area contributed by atoms with Gasteiger partial charge in [-0.3, -0.25) is 4.68 Å². The number of rotatable bonds is 4. The molecule has 0 radical (unpaired) electrons. The fourth-order valence-corrected chi connectivity index (χ4v) is 2.78. The Labute approximate surface area is 118 Å². The van der Waals surface area contributed by atoms with E-state index < -0.39 is 0 Å². The van der Waals surface area contributed by atoms with E-state index in [0.717, 1.165) is 54.5 Å². The quantitative estimate of drug-likeness (QED) is 0.922. The second kappa shape index (κ2) is 5.36. The Kier molecular flexibility index (Phi) is 3.56. The molecule has 1 atom stereocenters. The minimum absolute atomic E-state index is 0.677. The van der Waals surface area contributed by atoms with E-state index in [4.69, 9.17) is 4.74 Å². The summed E-state index contributed by atoms with van der Waals surface area (Å²) < 4.78 is 7.22. The van der Waals surface area contributed by atoms with Crippen molar-refractivity contribution in [2.24, 2.45) is 13.0 Å². The molecule has 1 N–H and O–H groups in total. The van der Waals surface area contributed by atoms with Crippen LogP contribution in [0.2, 0.25) is 0 Å². The molecule has 0 bridgehead atoms. The van der Waals surface area contributed by atoms with Gasteiger partial charge in [0.05, 0.1) is 11.1 Å². The first-order valence-corrected chi connectivity index (χ1v) is 7.14. The van der Waals surface area contributed by atoms with Crippen LogP contribution in [0.4, 0.5) is 5.82 Å². The number of ether oxygens (including phenoxy) is 1. The number of aryl methyl sites for hydroxylation is 3. The molecule has 3 rings (SSSR count). The summed E-state index contributed by atoms with van der Waals surface area (Å²) in [5.41, 5.74) is 1.86. The van der Waals surface area contributed by atoms with Gasteiger partial charge in [-0.15, -0.1) is 0 Å². The molecule has 0 spiro atoms. The van der Waals surface area contributed by atoms with Crippen LogP contribution in [-0.2, 0) is 11.8 Å². The van der Waals surface area contributed by atoms with E-state index in [1.54, 1.807) is 0 Å². The lowest BCUT2D eigenvalue weighted by Crippen LogP contribution is -2.11. The first-order chi connectivity index (χ1) is 9.65. The highest BCUT2D eigenvalue weighted by Gasteiger charge is 2.16. The van der Waals surface area contributed by atoms with Gasteiger partial charge in [0.1, 0.15) is 11.6 Å². The molecule has 1 saturated heterocycles. The number of hydrogen-bond donors (Lipinski definition) is 1. The summed E-state index contributed by atoms with van der Waals surface area (Å²) in [6, 6.07) is 0. The summed E-state index contributed by atoms with van der Waals surface area (Å²) in [6.07, 6.45) is 2.29. The Morgan fingerprint density at radius 2 is 2.20 bits per heavy atom. The molecule has 0 aromatic carbocycles. The first kappa shape index (κ1) is 13.3. The summed E-state index contributed by atoms with van der Waals surface area (Å²) >= 11 is 0. The number of anilines is 1. The lowest BCUT2D eigenvalue weighted by Gasteiger charge is -2.10. The van der Waals surface area contributed by atoms with Crippen molar-refractivity contribution in [2.45, 2.75) is 26.7 Å². The third-order valence-corrected chi connectivity index (χ3v) is 3.84. The Bertz CT molecular complexity index is 616. The number of nitrogens with one attached hydrogen (secondary N) is 1. The SMILES string of the molecule is Cc1nc(NCCC2CCOC2)c2c(C)nn(C)c2n1. The number of aromatic nitrogens is 4. The van der Waals surface area contributed by atoms with E-state index >= 15 is 0 Å². The van der Waals surface area contributed by atoms with Crippen LogP contribution in [0.25, 0.3) is 11.0 Å². The molecule has 1 aliphatic rings. The van der Waals surface area contributed by atoms with Gasteiger partial charge in [0.2, 0.25) is 0 Å². The zero-order valence-corrected chi connectivity index (χ0v) is 12.3. The van der Waals surface area contributed by atoms with Gasteiger partial charge in [-0.2, -0.15) is 5.10 Å². The van der Waals surface area contributed by atoms with E-state index in [9.17, 15) is 0 Å². The van der Waals surface area contributed by atoms with E-state index in [-0.39, 0.29) is 0 Å². The molecule has 20 heavy (non-hydrogen) atoms. The molecule has 1 aliphatic heterocycles. The zero-order valence-electron chi connectivity index (χ0n) is 12.3. The van der Waals surface area contributed by atoms with Crippen molar-refractivity contribution in [3.05, 3.63) is 11.5 Å². The fraction of sp³-hybridized carbons (Fsp3) is 0.643. The maximum absolute atomic E-state index is 5.40. The van der Waals surface area contributed by atoms with Crippen molar-refractivity contribution in [2.75, 3.05) is 25.1 Å². The van der Waals surface area contributed by atoms with Gasteiger partial charge in [-0.1, -0.05) is 0 Å². The molecule has 0 aliphatic carbocycles. The van der Waals surface area contributed by atoms with E-state index in [1.807, 2.05) is 25.6 Å². The van der Waals surface area contributed by atoms with Crippen LogP contribution in [0.15, 0.2) is 0 Å². The van der Waals surface area contributed by atoms with Crippen molar-refractivity contribution >= 4 is 16.9 Å². The minimum atomic E-state index is 0.677. The Balaban J connectivity index is 1.79. The molecule has 1 fully saturated rings. The van der Waals surface area contributed by atoms with E-state index in [0.29, 0.717) is 5.92 Å². The Hall–Kier alpha value is -1.69. The fourth-order valence-electron chi connectivity index (χ4n) is 2.78. The second-order valence-electron chi connectivity index (χ2n) is 5.47. The van der Waals surface area contributed by atoms with Crippen LogP contribution in [0.3, 0.4) is 0 Å². The van der Waals surface area contributed by atoms with E-state index in [2.05, 4.69) is 20.4 Å². The van der Waals surface area contributed by atoms with Crippen LogP contribution < -0.4 is 5.32 Å². The van der Waals surface area contributed by atoms with Crippen LogP contribution in [0, 0.1) is 19.8 Å². The highest BCUT2D eigenvalue weighted by atomic mass is 16.5. The van der Waals surface area contributed by atoms with Gasteiger partial charge < -0.3 is 10.1 Å².